The molecule has 0 aliphatic heterocycles. The molecule has 0 bridgehead atoms. The highest BCUT2D eigenvalue weighted by atomic mass is 35.5. The van der Waals surface area contributed by atoms with Crippen LogP contribution in [0.5, 0.6) is 5.75 Å². The summed E-state index contributed by atoms with van der Waals surface area (Å²) in [6, 6.07) is 22.8. The van der Waals surface area contributed by atoms with Crippen LogP contribution in [0, 0.1) is 0 Å². The predicted molar refractivity (Wildman–Crippen MR) is 113 cm³/mol. The van der Waals surface area contributed by atoms with Gasteiger partial charge in [-0.15, -0.1) is 10.2 Å². The number of amides is 1. The van der Waals surface area contributed by atoms with E-state index in [4.69, 9.17) is 20.8 Å². The van der Waals surface area contributed by atoms with E-state index in [0.717, 1.165) is 5.56 Å². The molecule has 0 spiro atoms. The van der Waals surface area contributed by atoms with Gasteiger partial charge in [0.25, 0.3) is 5.91 Å². The van der Waals surface area contributed by atoms with Crippen LogP contribution < -0.4 is 10.1 Å². The lowest BCUT2D eigenvalue weighted by atomic mass is 10.1. The van der Waals surface area contributed by atoms with Gasteiger partial charge in [0, 0.05) is 16.1 Å². The summed E-state index contributed by atoms with van der Waals surface area (Å²) in [5.74, 6) is 0.694. The maximum atomic E-state index is 13.0. The van der Waals surface area contributed by atoms with Gasteiger partial charge in [0.1, 0.15) is 11.8 Å². The Morgan fingerprint density at radius 3 is 2.43 bits per heavy atom. The van der Waals surface area contributed by atoms with Crippen molar-refractivity contribution in [3.8, 4) is 17.2 Å². The second kappa shape index (κ2) is 8.80. The molecule has 3 aromatic carbocycles. The molecule has 0 aliphatic rings. The Morgan fingerprint density at radius 2 is 1.67 bits per heavy atom. The monoisotopic (exact) mass is 419 g/mol. The number of ether oxygens (including phenoxy) is 1. The number of hydrogen-bond acceptors (Lipinski definition) is 5. The molecule has 0 radical (unpaired) electrons. The average molecular weight is 420 g/mol. The Bertz CT molecular complexity index is 1160. The van der Waals surface area contributed by atoms with Crippen LogP contribution in [0.15, 0.2) is 83.3 Å². The Labute approximate surface area is 178 Å². The fourth-order valence-electron chi connectivity index (χ4n) is 3.07. The van der Waals surface area contributed by atoms with Crippen molar-refractivity contribution in [1.29, 1.82) is 0 Å². The maximum Gasteiger partial charge on any atom is 0.255 e. The highest BCUT2D eigenvalue weighted by Gasteiger charge is 2.26. The molecule has 4 rings (SSSR count). The summed E-state index contributed by atoms with van der Waals surface area (Å²) < 4.78 is 11.2. The highest BCUT2D eigenvalue weighted by molar-refractivity contribution is 6.31. The molecule has 6 nitrogen and oxygen atoms in total. The smallest absolute Gasteiger partial charge is 0.255 e. The number of nitrogens with one attached hydrogen (secondary N) is 1. The summed E-state index contributed by atoms with van der Waals surface area (Å²) >= 11 is 6.41. The van der Waals surface area contributed by atoms with Crippen molar-refractivity contribution in [1.82, 2.24) is 15.5 Å². The number of hydrogen-bond donors (Lipinski definition) is 1. The van der Waals surface area contributed by atoms with E-state index in [2.05, 4.69) is 15.5 Å². The molecule has 1 N–H and O–H groups in total. The van der Waals surface area contributed by atoms with E-state index in [1.165, 1.54) is 7.11 Å². The van der Waals surface area contributed by atoms with Gasteiger partial charge in [-0.3, -0.25) is 4.79 Å². The minimum atomic E-state index is -0.735. The molecule has 150 valence electrons. The first-order valence-electron chi connectivity index (χ1n) is 9.24. The van der Waals surface area contributed by atoms with E-state index in [-0.39, 0.29) is 11.8 Å². The van der Waals surface area contributed by atoms with Gasteiger partial charge < -0.3 is 14.5 Å². The van der Waals surface area contributed by atoms with Crippen molar-refractivity contribution in [2.24, 2.45) is 0 Å². The molecule has 30 heavy (non-hydrogen) atoms. The molecular formula is C23H18ClN3O3. The van der Waals surface area contributed by atoms with Crippen LogP contribution >= 0.6 is 11.6 Å². The zero-order valence-electron chi connectivity index (χ0n) is 16.1. The molecule has 0 fully saturated rings. The first-order chi connectivity index (χ1) is 14.7. The molecule has 1 amide bonds. The van der Waals surface area contributed by atoms with E-state index in [0.29, 0.717) is 27.8 Å². The van der Waals surface area contributed by atoms with Crippen molar-refractivity contribution in [2.45, 2.75) is 6.04 Å². The van der Waals surface area contributed by atoms with Crippen LogP contribution in [-0.2, 0) is 0 Å². The number of benzene rings is 3. The quantitative estimate of drug-likeness (QED) is 0.480. The number of carbonyl (C=O) groups excluding carboxylic acids is 1. The van der Waals surface area contributed by atoms with Gasteiger partial charge in [-0.05, 0) is 30.3 Å². The number of aromatic nitrogens is 2. The summed E-state index contributed by atoms with van der Waals surface area (Å²) in [7, 11) is 1.52. The largest absolute Gasteiger partial charge is 0.496 e. The summed E-state index contributed by atoms with van der Waals surface area (Å²) in [6.07, 6.45) is 0. The Hall–Kier alpha value is -3.64. The van der Waals surface area contributed by atoms with Crippen molar-refractivity contribution >= 4 is 17.5 Å². The summed E-state index contributed by atoms with van der Waals surface area (Å²) in [5.41, 5.74) is 1.82. The number of para-hydroxylation sites is 1. The molecule has 1 atom stereocenters. The summed E-state index contributed by atoms with van der Waals surface area (Å²) in [6.45, 7) is 0. The highest BCUT2D eigenvalue weighted by Crippen LogP contribution is 2.30. The van der Waals surface area contributed by atoms with E-state index < -0.39 is 6.04 Å². The van der Waals surface area contributed by atoms with Crippen LogP contribution in [0.2, 0.25) is 5.02 Å². The van der Waals surface area contributed by atoms with Crippen molar-refractivity contribution in [3.63, 3.8) is 0 Å². The number of rotatable bonds is 6. The molecular weight excluding hydrogens is 402 g/mol. The molecule has 1 aromatic heterocycles. The van der Waals surface area contributed by atoms with Gasteiger partial charge in [-0.2, -0.15) is 0 Å². The first kappa shape index (κ1) is 19.7. The van der Waals surface area contributed by atoms with Crippen molar-refractivity contribution < 1.29 is 13.9 Å². The SMILES string of the molecule is COc1ccccc1C(=O)N[C@H](c1nnc(-c2ccccc2)o1)c1ccccc1Cl. The Kier molecular flexibility index (Phi) is 5.77. The third-order valence-electron chi connectivity index (χ3n) is 4.55. The Morgan fingerprint density at radius 1 is 0.967 bits per heavy atom. The molecule has 0 aliphatic carbocycles. The molecule has 7 heteroatoms. The van der Waals surface area contributed by atoms with Gasteiger partial charge in [0.05, 0.1) is 12.7 Å². The summed E-state index contributed by atoms with van der Waals surface area (Å²) in [5, 5.41) is 11.7. The average Bonchev–Trinajstić information content (AvgIpc) is 3.28. The second-order valence-corrected chi connectivity index (χ2v) is 6.85. The van der Waals surface area contributed by atoms with Gasteiger partial charge in [0.15, 0.2) is 0 Å². The second-order valence-electron chi connectivity index (χ2n) is 6.44. The molecule has 1 heterocycles. The number of halogens is 1. The maximum absolute atomic E-state index is 13.0. The molecule has 0 saturated heterocycles. The van der Waals surface area contributed by atoms with Crippen molar-refractivity contribution in [2.75, 3.05) is 7.11 Å². The molecule has 4 aromatic rings. The van der Waals surface area contributed by atoms with E-state index in [1.807, 2.05) is 48.5 Å². The predicted octanol–water partition coefficient (Wildman–Crippen LogP) is 4.92. The lowest BCUT2D eigenvalue weighted by molar-refractivity contribution is 0.0935. The van der Waals surface area contributed by atoms with Crippen LogP contribution in [0.3, 0.4) is 0 Å². The molecule has 0 saturated carbocycles. The van der Waals surface area contributed by atoms with E-state index >= 15 is 0 Å². The fourth-order valence-corrected chi connectivity index (χ4v) is 3.32. The van der Waals surface area contributed by atoms with Crippen LogP contribution in [-0.4, -0.2) is 23.2 Å². The van der Waals surface area contributed by atoms with Crippen LogP contribution in [0.4, 0.5) is 0 Å². The van der Waals surface area contributed by atoms with Gasteiger partial charge >= 0.3 is 0 Å². The van der Waals surface area contributed by atoms with Gasteiger partial charge in [-0.25, -0.2) is 0 Å². The third kappa shape index (κ3) is 4.04. The summed E-state index contributed by atoms with van der Waals surface area (Å²) in [4.78, 5) is 13.0. The third-order valence-corrected chi connectivity index (χ3v) is 4.90. The number of carbonyl (C=O) groups is 1. The minimum Gasteiger partial charge on any atom is -0.496 e. The van der Waals surface area contributed by atoms with Gasteiger partial charge in [0.2, 0.25) is 11.8 Å². The lowest BCUT2D eigenvalue weighted by Gasteiger charge is -2.18. The lowest BCUT2D eigenvalue weighted by Crippen LogP contribution is -2.30. The van der Waals surface area contributed by atoms with E-state index in [1.54, 1.807) is 30.3 Å². The Balaban J connectivity index is 1.72. The fraction of sp³-hybridized carbons (Fsp3) is 0.0870. The minimum absolute atomic E-state index is 0.227. The van der Waals surface area contributed by atoms with E-state index in [9.17, 15) is 4.79 Å². The van der Waals surface area contributed by atoms with Crippen molar-refractivity contribution in [3.05, 3.63) is 101 Å². The number of nitrogens with zero attached hydrogens (tertiary/aromatic N) is 2. The number of methoxy groups -OCH3 is 1. The van der Waals surface area contributed by atoms with Gasteiger partial charge in [-0.1, -0.05) is 60.1 Å². The normalized spacial score (nSPS) is 11.7. The zero-order chi connectivity index (χ0) is 20.9. The standard InChI is InChI=1S/C23H18ClN3O3/c1-29-19-14-8-6-12-17(19)21(28)25-20(16-11-5-7-13-18(16)24)23-27-26-22(30-23)15-9-3-2-4-10-15/h2-14,20H,1H3,(H,25,28)/t20-/m0/s1. The van der Waals surface area contributed by atoms with Crippen LogP contribution in [0.1, 0.15) is 27.9 Å². The topological polar surface area (TPSA) is 77.2 Å². The first-order valence-corrected chi connectivity index (χ1v) is 9.62. The van der Waals surface area contributed by atoms with Crippen LogP contribution in [0.25, 0.3) is 11.5 Å². The molecule has 0 unspecified atom stereocenters. The zero-order valence-corrected chi connectivity index (χ0v) is 16.8.